The van der Waals surface area contributed by atoms with Gasteiger partial charge in [0, 0.05) is 5.56 Å². The Hall–Kier alpha value is -7.87. The summed E-state index contributed by atoms with van der Waals surface area (Å²) in [6, 6.07) is 31.9. The summed E-state index contributed by atoms with van der Waals surface area (Å²) in [5.41, 5.74) is 8.30. The Labute approximate surface area is 385 Å². The summed E-state index contributed by atoms with van der Waals surface area (Å²) in [5.74, 6) is 1.11. The summed E-state index contributed by atoms with van der Waals surface area (Å²) in [5, 5.41) is 20.9. The van der Waals surface area contributed by atoms with Crippen molar-refractivity contribution in [2.45, 2.75) is 56.1 Å². The quantitative estimate of drug-likeness (QED) is 0.117. The number of aromatic nitrogens is 3. The molecule has 340 valence electrons. The van der Waals surface area contributed by atoms with Crippen molar-refractivity contribution in [3.8, 4) is 17.6 Å². The number of morpholine rings is 1. The van der Waals surface area contributed by atoms with Crippen LogP contribution in [0.5, 0.6) is 5.75 Å². The minimum Gasteiger partial charge on any atom is -0.491 e. The Balaban J connectivity index is 1.31. The van der Waals surface area contributed by atoms with Crippen LogP contribution in [0.15, 0.2) is 127 Å². The van der Waals surface area contributed by atoms with Gasteiger partial charge in [0.2, 0.25) is 11.8 Å². The Morgan fingerprint density at radius 2 is 1.58 bits per heavy atom. The highest BCUT2D eigenvalue weighted by Crippen LogP contribution is 2.66. The molecule has 2 fully saturated rings. The summed E-state index contributed by atoms with van der Waals surface area (Å²) in [6.45, 7) is 3.24. The Morgan fingerprint density at radius 3 is 2.28 bits per heavy atom. The molecule has 16 heteroatoms. The number of esters is 2. The molecule has 4 N–H and O–H groups in total. The molecule has 0 saturated carbocycles. The van der Waals surface area contributed by atoms with Crippen LogP contribution in [0, 0.1) is 23.7 Å². The van der Waals surface area contributed by atoms with E-state index in [1.54, 1.807) is 61.0 Å². The van der Waals surface area contributed by atoms with Crippen LogP contribution in [0.3, 0.4) is 0 Å². The molecule has 1 spiro atoms. The first kappa shape index (κ1) is 44.3. The third kappa shape index (κ3) is 7.61. The highest BCUT2D eigenvalue weighted by molar-refractivity contribution is 6.25. The van der Waals surface area contributed by atoms with Crippen molar-refractivity contribution in [1.82, 2.24) is 25.2 Å². The first-order chi connectivity index (χ1) is 32.5. The fraction of sp³-hybridized carbons (Fsp3) is 0.275. The second-order valence-corrected chi connectivity index (χ2v) is 16.9. The zero-order valence-corrected chi connectivity index (χ0v) is 36.8. The van der Waals surface area contributed by atoms with Gasteiger partial charge in [-0.2, -0.15) is 0 Å². The minimum absolute atomic E-state index is 0.0517. The van der Waals surface area contributed by atoms with Crippen LogP contribution >= 0.6 is 0 Å². The molecule has 4 heterocycles. The number of nitrogens with zero attached hydrogens (tertiary/aromatic N) is 5. The maximum absolute atomic E-state index is 16.3. The second kappa shape index (κ2) is 18.2. The van der Waals surface area contributed by atoms with Gasteiger partial charge >= 0.3 is 18.0 Å². The average Bonchev–Trinajstić information content (AvgIpc) is 3.98. The van der Waals surface area contributed by atoms with Crippen LogP contribution in [0.1, 0.15) is 59.9 Å². The molecule has 3 aliphatic heterocycles. The van der Waals surface area contributed by atoms with E-state index >= 15 is 9.59 Å². The van der Waals surface area contributed by atoms with Crippen LogP contribution < -0.4 is 20.7 Å². The monoisotopic (exact) mass is 901 g/mol. The summed E-state index contributed by atoms with van der Waals surface area (Å²) in [4.78, 5) is 76.6. The molecular formula is C51H47N7O9. The number of ether oxygens (including phenoxy) is 3. The fourth-order valence-electron chi connectivity index (χ4n) is 10.0. The van der Waals surface area contributed by atoms with E-state index in [9.17, 15) is 19.5 Å². The number of hydrogen-bond donors (Lipinski definition) is 3. The average molecular weight is 902 g/mol. The number of methoxy groups -OCH3 is 1. The number of rotatable bonds is 11. The number of aliphatic hydroxyl groups excluding tert-OH is 1. The van der Waals surface area contributed by atoms with Gasteiger partial charge in [-0.25, -0.2) is 19.2 Å². The maximum Gasteiger partial charge on any atom is 0.329 e. The van der Waals surface area contributed by atoms with Crippen molar-refractivity contribution in [1.29, 1.82) is 0 Å². The van der Waals surface area contributed by atoms with Crippen molar-refractivity contribution in [3.05, 3.63) is 155 Å². The number of cyclic esters (lactones) is 1. The number of benzene rings is 5. The largest absolute Gasteiger partial charge is 0.491 e. The molecule has 1 aromatic heterocycles. The molecule has 7 atom stereocenters. The predicted molar refractivity (Wildman–Crippen MR) is 244 cm³/mol. The SMILES string of the molecule is COC(=O)[C@@H](NC(=O)N1C(=O)[C@@]2(c3cc(C#CCn4nnc5ccccc54)ccc31)[C@H](C(N)=O)[C@H]1C(=O)O[C@H](c3ccccc3)[C@H](c3ccccc3)N1[C@@H]2c1cccc(OCCO)c1)C(C)C. The summed E-state index contributed by atoms with van der Waals surface area (Å²) in [7, 11) is 1.20. The molecule has 3 aliphatic rings. The van der Waals surface area contributed by atoms with Crippen molar-refractivity contribution in [2.24, 2.45) is 17.6 Å². The molecule has 5 aromatic carbocycles. The van der Waals surface area contributed by atoms with E-state index < -0.39 is 77.3 Å². The maximum atomic E-state index is 16.3. The van der Waals surface area contributed by atoms with Gasteiger partial charge in [0.05, 0.1) is 42.9 Å². The predicted octanol–water partition coefficient (Wildman–Crippen LogP) is 4.91. The van der Waals surface area contributed by atoms with Crippen LogP contribution in [0.4, 0.5) is 10.5 Å². The Bertz CT molecular complexity index is 2950. The number of para-hydroxylation sites is 1. The number of carbonyl (C=O) groups excluding carboxylic acids is 5. The number of nitrogens with one attached hydrogen (secondary N) is 1. The van der Waals surface area contributed by atoms with E-state index in [2.05, 4.69) is 27.5 Å². The van der Waals surface area contributed by atoms with E-state index in [0.29, 0.717) is 33.5 Å². The third-order valence-electron chi connectivity index (χ3n) is 12.8. The number of hydrogen-bond acceptors (Lipinski definition) is 12. The molecule has 0 bridgehead atoms. The number of anilines is 1. The van der Waals surface area contributed by atoms with E-state index in [1.165, 1.54) is 7.11 Å². The number of nitrogens with two attached hydrogens (primary N) is 1. The highest BCUT2D eigenvalue weighted by Gasteiger charge is 2.75. The van der Waals surface area contributed by atoms with Crippen molar-refractivity contribution < 1.29 is 43.3 Å². The van der Waals surface area contributed by atoms with Gasteiger partial charge in [0.15, 0.2) is 0 Å². The lowest BCUT2D eigenvalue weighted by Gasteiger charge is -2.46. The summed E-state index contributed by atoms with van der Waals surface area (Å²) >= 11 is 0. The topological polar surface area (TPSA) is 209 Å². The van der Waals surface area contributed by atoms with Crippen molar-refractivity contribution >= 4 is 46.5 Å². The van der Waals surface area contributed by atoms with Gasteiger partial charge in [-0.15, -0.1) is 5.10 Å². The van der Waals surface area contributed by atoms with Gasteiger partial charge in [-0.1, -0.05) is 116 Å². The van der Waals surface area contributed by atoms with Crippen LogP contribution in [0.25, 0.3) is 11.0 Å². The van der Waals surface area contributed by atoms with Gasteiger partial charge in [-0.3, -0.25) is 19.3 Å². The molecule has 9 rings (SSSR count). The van der Waals surface area contributed by atoms with Gasteiger partial charge < -0.3 is 30.4 Å². The third-order valence-corrected chi connectivity index (χ3v) is 12.8. The molecule has 0 aliphatic carbocycles. The second-order valence-electron chi connectivity index (χ2n) is 16.9. The molecule has 2 saturated heterocycles. The fourth-order valence-corrected chi connectivity index (χ4v) is 10.0. The molecule has 0 radical (unpaired) electrons. The van der Waals surface area contributed by atoms with Gasteiger partial charge in [-0.05, 0) is 70.6 Å². The van der Waals surface area contributed by atoms with Crippen LogP contribution in [-0.2, 0) is 40.6 Å². The lowest BCUT2D eigenvalue weighted by atomic mass is 9.65. The molecule has 0 unspecified atom stereocenters. The van der Waals surface area contributed by atoms with Gasteiger partial charge in [0.1, 0.15) is 48.0 Å². The molecule has 16 nitrogen and oxygen atoms in total. The number of amides is 4. The standard InChI is InChI=1S/C51H47N7O9/c1-30(2)41(47(61)65-3)53-50(64)57-38-24-23-31(14-13-25-56-39-22-11-10-21-37(39)54-55-56)28-36(38)51(49(57)63)40(46(52)60)43-48(62)67-44(33-17-8-5-9-18-33)42(32-15-6-4-7-16-32)58(43)45(51)34-19-12-20-35(29-34)66-27-26-59/h4-12,15-24,28-30,40-45,59H,25-27H2,1-3H3,(H2,52,60)(H,53,64)/t40-,41-,42-,43-,44+,45+,51-/m0/s1. The zero-order valence-electron chi connectivity index (χ0n) is 36.8. The molecular weight excluding hydrogens is 855 g/mol. The number of imide groups is 1. The van der Waals surface area contributed by atoms with E-state index in [0.717, 1.165) is 10.4 Å². The normalized spacial score (nSPS) is 22.4. The highest BCUT2D eigenvalue weighted by atomic mass is 16.6. The zero-order chi connectivity index (χ0) is 47.0. The molecule has 4 amide bonds. The van der Waals surface area contributed by atoms with Gasteiger partial charge in [0.25, 0.3) is 0 Å². The number of primary amides is 1. The smallest absolute Gasteiger partial charge is 0.329 e. The molecule has 6 aromatic rings. The van der Waals surface area contributed by atoms with Crippen LogP contribution in [0.2, 0.25) is 0 Å². The first-order valence-corrected chi connectivity index (χ1v) is 21.8. The summed E-state index contributed by atoms with van der Waals surface area (Å²) < 4.78 is 19.0. The molecule has 67 heavy (non-hydrogen) atoms. The number of fused-ring (bicyclic) bond motifs is 4. The van der Waals surface area contributed by atoms with E-state index in [-0.39, 0.29) is 31.0 Å². The minimum atomic E-state index is -2.14. The Kier molecular flexibility index (Phi) is 12.0. The number of urea groups is 1. The van der Waals surface area contributed by atoms with E-state index in [1.807, 2.05) is 89.8 Å². The first-order valence-electron chi connectivity index (χ1n) is 21.8. The number of carbonyl (C=O) groups is 5. The van der Waals surface area contributed by atoms with Crippen LogP contribution in [-0.4, -0.2) is 87.2 Å². The Morgan fingerprint density at radius 1 is 0.881 bits per heavy atom. The number of aliphatic hydroxyl groups is 1. The van der Waals surface area contributed by atoms with Crippen molar-refractivity contribution in [2.75, 3.05) is 25.2 Å². The van der Waals surface area contributed by atoms with Crippen molar-refractivity contribution in [3.63, 3.8) is 0 Å². The summed E-state index contributed by atoms with van der Waals surface area (Å²) in [6.07, 6.45) is -0.959. The van der Waals surface area contributed by atoms with E-state index in [4.69, 9.17) is 19.9 Å². The lowest BCUT2D eigenvalue weighted by Crippen LogP contribution is -2.57. The lowest BCUT2D eigenvalue weighted by molar-refractivity contribution is -0.178.